The number of thioether (sulfide) groups is 1. The molecule has 5 heteroatoms. The van der Waals surface area contributed by atoms with Gasteiger partial charge in [0.05, 0.1) is 5.69 Å². The van der Waals surface area contributed by atoms with Gasteiger partial charge in [-0.15, -0.1) is 11.8 Å². The zero-order chi connectivity index (χ0) is 15.3. The second-order valence-corrected chi connectivity index (χ2v) is 7.26. The van der Waals surface area contributed by atoms with Gasteiger partial charge >= 0.3 is 5.97 Å². The van der Waals surface area contributed by atoms with E-state index in [0.717, 1.165) is 4.90 Å². The van der Waals surface area contributed by atoms with Gasteiger partial charge in [0.1, 0.15) is 5.25 Å². The molecule has 0 aliphatic heterocycles. The predicted molar refractivity (Wildman–Crippen MR) is 82.1 cm³/mol. The molecule has 4 nitrogen and oxygen atoms in total. The molecule has 0 aliphatic rings. The molecule has 0 unspecified atom stereocenters. The maximum atomic E-state index is 12.0. The number of nitrogens with one attached hydrogen (secondary N) is 1. The molecule has 1 aromatic rings. The average molecular weight is 295 g/mol. The quantitative estimate of drug-likeness (QED) is 0.814. The standard InChI is InChI=1S/C15H21NO3S/c1-10(14(18)19)20-12-8-6-5-7-11(12)16-13(17)9-15(2,3)4/h5-8,10H,9H2,1-4H3,(H,16,17)(H,18,19)/t10-/m1/s1. The highest BCUT2D eigenvalue weighted by molar-refractivity contribution is 8.00. The van der Waals surface area contributed by atoms with Gasteiger partial charge < -0.3 is 10.4 Å². The van der Waals surface area contributed by atoms with Crippen molar-refractivity contribution in [2.24, 2.45) is 5.41 Å². The molecule has 1 amide bonds. The Morgan fingerprint density at radius 2 is 1.90 bits per heavy atom. The van der Waals surface area contributed by atoms with E-state index in [0.29, 0.717) is 12.1 Å². The Bertz CT molecular complexity index is 494. The molecule has 0 radical (unpaired) electrons. The van der Waals surface area contributed by atoms with Gasteiger partial charge in [-0.3, -0.25) is 9.59 Å². The highest BCUT2D eigenvalue weighted by atomic mass is 32.2. The van der Waals surface area contributed by atoms with E-state index in [1.807, 2.05) is 39.0 Å². The molecule has 0 saturated carbocycles. The fraction of sp³-hybridized carbons (Fsp3) is 0.467. The zero-order valence-corrected chi connectivity index (χ0v) is 13.1. The molecule has 20 heavy (non-hydrogen) atoms. The molecule has 0 fully saturated rings. The van der Waals surface area contributed by atoms with Crippen LogP contribution in [0.3, 0.4) is 0 Å². The molecule has 2 N–H and O–H groups in total. The molecule has 1 rings (SSSR count). The third kappa shape index (κ3) is 5.65. The van der Waals surface area contributed by atoms with Gasteiger partial charge in [-0.05, 0) is 24.5 Å². The van der Waals surface area contributed by atoms with Gasteiger partial charge in [-0.25, -0.2) is 0 Å². The Labute approximate surface area is 124 Å². The number of hydrogen-bond acceptors (Lipinski definition) is 3. The van der Waals surface area contributed by atoms with Gasteiger partial charge in [0.2, 0.25) is 5.91 Å². The second-order valence-electron chi connectivity index (χ2n) is 5.88. The van der Waals surface area contributed by atoms with Crippen LogP contribution in [0.1, 0.15) is 34.1 Å². The van der Waals surface area contributed by atoms with Crippen molar-refractivity contribution in [3.8, 4) is 0 Å². The summed E-state index contributed by atoms with van der Waals surface area (Å²) in [6.45, 7) is 7.62. The summed E-state index contributed by atoms with van der Waals surface area (Å²) in [5.74, 6) is -0.931. The second kappa shape index (κ2) is 6.79. The summed E-state index contributed by atoms with van der Waals surface area (Å²) in [4.78, 5) is 23.6. The number of carboxylic acid groups (broad SMARTS) is 1. The van der Waals surface area contributed by atoms with Crippen molar-refractivity contribution in [3.05, 3.63) is 24.3 Å². The first kappa shape index (κ1) is 16.6. The fourth-order valence-electron chi connectivity index (χ4n) is 1.59. The number of rotatable bonds is 5. The summed E-state index contributed by atoms with van der Waals surface area (Å²) in [6, 6.07) is 7.26. The first-order valence-corrected chi connectivity index (χ1v) is 7.35. The monoisotopic (exact) mass is 295 g/mol. The summed E-state index contributed by atoms with van der Waals surface area (Å²) in [5.41, 5.74) is 0.584. The highest BCUT2D eigenvalue weighted by Gasteiger charge is 2.18. The SMILES string of the molecule is C[C@@H](Sc1ccccc1NC(=O)CC(C)(C)C)C(=O)O. The van der Waals surface area contributed by atoms with E-state index in [2.05, 4.69) is 5.32 Å². The lowest BCUT2D eigenvalue weighted by Crippen LogP contribution is -2.20. The Morgan fingerprint density at radius 1 is 1.30 bits per heavy atom. The summed E-state index contributed by atoms with van der Waals surface area (Å²) >= 11 is 1.22. The number of para-hydroxylation sites is 1. The summed E-state index contributed by atoms with van der Waals surface area (Å²) in [6.07, 6.45) is 0.417. The van der Waals surface area contributed by atoms with Gasteiger partial charge in [0.25, 0.3) is 0 Å². The van der Waals surface area contributed by atoms with Crippen LogP contribution in [0.4, 0.5) is 5.69 Å². The molecule has 0 aliphatic carbocycles. The van der Waals surface area contributed by atoms with Crippen molar-refractivity contribution in [1.82, 2.24) is 0 Å². The van der Waals surface area contributed by atoms with Crippen molar-refractivity contribution >= 4 is 29.3 Å². The van der Waals surface area contributed by atoms with Crippen LogP contribution in [0.15, 0.2) is 29.2 Å². The molecule has 0 aromatic heterocycles. The van der Waals surface area contributed by atoms with Gasteiger partial charge in [-0.1, -0.05) is 32.9 Å². The van der Waals surface area contributed by atoms with E-state index < -0.39 is 11.2 Å². The number of aliphatic carboxylic acids is 1. The third-order valence-electron chi connectivity index (χ3n) is 2.50. The molecule has 1 aromatic carbocycles. The molecule has 0 bridgehead atoms. The van der Waals surface area contributed by atoms with Gasteiger partial charge in [-0.2, -0.15) is 0 Å². The number of carboxylic acids is 1. The molecule has 1 atom stereocenters. The van der Waals surface area contributed by atoms with Crippen molar-refractivity contribution in [2.75, 3.05) is 5.32 Å². The number of carbonyl (C=O) groups excluding carboxylic acids is 1. The molecule has 0 saturated heterocycles. The highest BCUT2D eigenvalue weighted by Crippen LogP contribution is 2.31. The first-order valence-electron chi connectivity index (χ1n) is 6.47. The summed E-state index contributed by atoms with van der Waals surface area (Å²) in [5, 5.41) is 11.3. The summed E-state index contributed by atoms with van der Waals surface area (Å²) in [7, 11) is 0. The zero-order valence-electron chi connectivity index (χ0n) is 12.3. The Kier molecular flexibility index (Phi) is 5.62. The smallest absolute Gasteiger partial charge is 0.316 e. The van der Waals surface area contributed by atoms with Crippen LogP contribution in [-0.2, 0) is 9.59 Å². The molecular formula is C15H21NO3S. The number of benzene rings is 1. The maximum Gasteiger partial charge on any atom is 0.316 e. The fourth-order valence-corrected chi connectivity index (χ4v) is 2.47. The van der Waals surface area contributed by atoms with Gasteiger partial charge in [0.15, 0.2) is 0 Å². The Morgan fingerprint density at radius 3 is 2.45 bits per heavy atom. The van der Waals surface area contributed by atoms with Crippen LogP contribution in [0, 0.1) is 5.41 Å². The van der Waals surface area contributed by atoms with Crippen LogP contribution in [-0.4, -0.2) is 22.2 Å². The number of hydrogen-bond donors (Lipinski definition) is 2. The molecule has 110 valence electrons. The summed E-state index contributed by atoms with van der Waals surface area (Å²) < 4.78 is 0. The first-order chi connectivity index (χ1) is 9.19. The van der Waals surface area contributed by atoms with Crippen LogP contribution in [0.25, 0.3) is 0 Å². The minimum Gasteiger partial charge on any atom is -0.480 e. The van der Waals surface area contributed by atoms with Crippen molar-refractivity contribution < 1.29 is 14.7 Å². The Hall–Kier alpha value is -1.49. The van der Waals surface area contributed by atoms with E-state index in [1.165, 1.54) is 11.8 Å². The van der Waals surface area contributed by atoms with Gasteiger partial charge in [0, 0.05) is 11.3 Å². The normalized spacial score (nSPS) is 12.8. The van der Waals surface area contributed by atoms with Crippen LogP contribution in [0.2, 0.25) is 0 Å². The lowest BCUT2D eigenvalue weighted by atomic mass is 9.92. The average Bonchev–Trinajstić information content (AvgIpc) is 2.28. The van der Waals surface area contributed by atoms with E-state index in [-0.39, 0.29) is 11.3 Å². The van der Waals surface area contributed by atoms with Crippen LogP contribution < -0.4 is 5.32 Å². The predicted octanol–water partition coefficient (Wildman–Crippen LogP) is 3.63. The van der Waals surface area contributed by atoms with Crippen LogP contribution in [0.5, 0.6) is 0 Å². The Balaban J connectivity index is 2.80. The maximum absolute atomic E-state index is 12.0. The van der Waals surface area contributed by atoms with Crippen molar-refractivity contribution in [1.29, 1.82) is 0 Å². The number of carbonyl (C=O) groups is 2. The number of amides is 1. The van der Waals surface area contributed by atoms with Crippen molar-refractivity contribution in [3.63, 3.8) is 0 Å². The van der Waals surface area contributed by atoms with E-state index in [1.54, 1.807) is 13.0 Å². The van der Waals surface area contributed by atoms with E-state index >= 15 is 0 Å². The third-order valence-corrected chi connectivity index (χ3v) is 3.67. The molecular weight excluding hydrogens is 274 g/mol. The lowest BCUT2D eigenvalue weighted by molar-refractivity contribution is -0.136. The largest absolute Gasteiger partial charge is 0.480 e. The van der Waals surface area contributed by atoms with Crippen molar-refractivity contribution in [2.45, 2.75) is 44.3 Å². The molecule has 0 spiro atoms. The topological polar surface area (TPSA) is 66.4 Å². The van der Waals surface area contributed by atoms with E-state index in [4.69, 9.17) is 5.11 Å². The van der Waals surface area contributed by atoms with E-state index in [9.17, 15) is 9.59 Å². The minimum absolute atomic E-state index is 0.0615. The molecule has 0 heterocycles. The lowest BCUT2D eigenvalue weighted by Gasteiger charge is -2.18. The number of anilines is 1. The van der Waals surface area contributed by atoms with Crippen LogP contribution >= 0.6 is 11.8 Å². The minimum atomic E-state index is -0.870.